The van der Waals surface area contributed by atoms with E-state index >= 15 is 0 Å². The van der Waals surface area contributed by atoms with Gasteiger partial charge in [-0.05, 0) is 30.2 Å². The molecule has 4 nitrogen and oxygen atoms in total. The van der Waals surface area contributed by atoms with Gasteiger partial charge in [0.2, 0.25) is 5.91 Å². The number of nitrogens with one attached hydrogen (secondary N) is 1. The molecule has 3 rings (SSSR count). The van der Waals surface area contributed by atoms with Crippen LogP contribution >= 0.6 is 0 Å². The topological polar surface area (TPSA) is 41.6 Å². The number of fused-ring (bicyclic) bond motifs is 1. The van der Waals surface area contributed by atoms with Gasteiger partial charge in [0.05, 0.1) is 7.11 Å². The van der Waals surface area contributed by atoms with Crippen molar-refractivity contribution in [2.75, 3.05) is 20.2 Å². The van der Waals surface area contributed by atoms with Crippen LogP contribution in [0.2, 0.25) is 0 Å². The zero-order chi connectivity index (χ0) is 16.2. The van der Waals surface area contributed by atoms with Crippen LogP contribution in [0, 0.1) is 0 Å². The second kappa shape index (κ2) is 7.01. The number of likely N-dealkylation sites (tertiary alicyclic amines) is 1. The third kappa shape index (κ3) is 3.48. The number of hydrogen-bond donors (Lipinski definition) is 1. The summed E-state index contributed by atoms with van der Waals surface area (Å²) >= 11 is 0. The van der Waals surface area contributed by atoms with E-state index < -0.39 is 0 Å². The van der Waals surface area contributed by atoms with Crippen molar-refractivity contribution in [3.05, 3.63) is 42.0 Å². The number of rotatable bonds is 6. The molecule has 1 unspecified atom stereocenters. The lowest BCUT2D eigenvalue weighted by Gasteiger charge is -2.22. The Balaban J connectivity index is 1.72. The summed E-state index contributed by atoms with van der Waals surface area (Å²) in [7, 11) is 1.71. The molecule has 1 atom stereocenters. The summed E-state index contributed by atoms with van der Waals surface area (Å²) in [4.78, 5) is 13.7. The minimum Gasteiger partial charge on any atom is -0.496 e. The Labute approximate surface area is 137 Å². The van der Waals surface area contributed by atoms with Crippen LogP contribution in [-0.2, 0) is 11.3 Å². The molecule has 1 heterocycles. The van der Waals surface area contributed by atoms with Gasteiger partial charge in [0.15, 0.2) is 0 Å². The smallest absolute Gasteiger partial charge is 0.222 e. The standard InChI is InChI=1S/C19H24N2O2/c1-14(13-21-11-5-8-19(21)22)20-12-17-16-7-4-3-6-15(16)9-10-18(17)23-2/h3-4,6-7,9-10,14,20H,5,8,11-13H2,1-2H3. The van der Waals surface area contributed by atoms with E-state index in [0.29, 0.717) is 6.42 Å². The molecule has 1 amide bonds. The molecular formula is C19H24N2O2. The van der Waals surface area contributed by atoms with Gasteiger partial charge in [0.1, 0.15) is 5.75 Å². The zero-order valence-electron chi connectivity index (χ0n) is 13.8. The third-order valence-electron chi connectivity index (χ3n) is 4.51. The van der Waals surface area contributed by atoms with Gasteiger partial charge in [-0.2, -0.15) is 0 Å². The first-order valence-corrected chi connectivity index (χ1v) is 8.25. The van der Waals surface area contributed by atoms with E-state index in [4.69, 9.17) is 4.74 Å². The van der Waals surface area contributed by atoms with E-state index in [-0.39, 0.29) is 11.9 Å². The molecule has 1 N–H and O–H groups in total. The number of carbonyl (C=O) groups is 1. The quantitative estimate of drug-likeness (QED) is 0.891. The van der Waals surface area contributed by atoms with Crippen LogP contribution < -0.4 is 10.1 Å². The molecule has 2 aromatic rings. The molecule has 2 aromatic carbocycles. The van der Waals surface area contributed by atoms with Crippen LogP contribution in [0.5, 0.6) is 5.75 Å². The fraction of sp³-hybridized carbons (Fsp3) is 0.421. The fourth-order valence-electron chi connectivity index (χ4n) is 3.26. The van der Waals surface area contributed by atoms with Crippen molar-refractivity contribution in [1.82, 2.24) is 10.2 Å². The van der Waals surface area contributed by atoms with Crippen molar-refractivity contribution < 1.29 is 9.53 Å². The molecular weight excluding hydrogens is 288 g/mol. The molecule has 0 bridgehead atoms. The summed E-state index contributed by atoms with van der Waals surface area (Å²) in [5.74, 6) is 1.18. The summed E-state index contributed by atoms with van der Waals surface area (Å²) < 4.78 is 5.53. The summed E-state index contributed by atoms with van der Waals surface area (Å²) in [6.45, 7) is 4.52. The number of ether oxygens (including phenoxy) is 1. The number of carbonyl (C=O) groups excluding carboxylic acids is 1. The second-order valence-corrected chi connectivity index (χ2v) is 6.19. The molecule has 1 saturated heterocycles. The molecule has 0 aromatic heterocycles. The summed E-state index contributed by atoms with van der Waals surface area (Å²) in [6.07, 6.45) is 1.69. The number of nitrogens with zero attached hydrogens (tertiary/aromatic N) is 1. The van der Waals surface area contributed by atoms with Gasteiger partial charge < -0.3 is 15.0 Å². The van der Waals surface area contributed by atoms with Gasteiger partial charge in [-0.25, -0.2) is 0 Å². The molecule has 122 valence electrons. The summed E-state index contributed by atoms with van der Waals surface area (Å²) in [5.41, 5.74) is 1.17. The van der Waals surface area contributed by atoms with Gasteiger partial charge in [-0.15, -0.1) is 0 Å². The van der Waals surface area contributed by atoms with Crippen LogP contribution in [0.25, 0.3) is 10.8 Å². The molecule has 0 radical (unpaired) electrons. The molecule has 0 spiro atoms. The number of amides is 1. The SMILES string of the molecule is COc1ccc2ccccc2c1CNC(C)CN1CCCC1=O. The molecule has 1 fully saturated rings. The Morgan fingerprint density at radius 3 is 2.83 bits per heavy atom. The Morgan fingerprint density at radius 1 is 1.26 bits per heavy atom. The van der Waals surface area contributed by atoms with Gasteiger partial charge in [-0.3, -0.25) is 4.79 Å². The monoisotopic (exact) mass is 312 g/mol. The predicted molar refractivity (Wildman–Crippen MR) is 92.6 cm³/mol. The maximum absolute atomic E-state index is 11.7. The largest absolute Gasteiger partial charge is 0.496 e. The fourth-order valence-corrected chi connectivity index (χ4v) is 3.26. The summed E-state index contributed by atoms with van der Waals surface area (Å²) in [6, 6.07) is 12.7. The van der Waals surface area contributed by atoms with Crippen molar-refractivity contribution >= 4 is 16.7 Å². The van der Waals surface area contributed by atoms with Crippen LogP contribution in [0.15, 0.2) is 36.4 Å². The highest BCUT2D eigenvalue weighted by Gasteiger charge is 2.21. The van der Waals surface area contributed by atoms with E-state index in [1.807, 2.05) is 17.0 Å². The lowest BCUT2D eigenvalue weighted by molar-refractivity contribution is -0.127. The highest BCUT2D eigenvalue weighted by atomic mass is 16.5. The first kappa shape index (κ1) is 15.8. The minimum atomic E-state index is 0.251. The van der Waals surface area contributed by atoms with Gasteiger partial charge >= 0.3 is 0 Å². The van der Waals surface area contributed by atoms with E-state index in [2.05, 4.69) is 36.5 Å². The number of benzene rings is 2. The highest BCUT2D eigenvalue weighted by Crippen LogP contribution is 2.27. The predicted octanol–water partition coefficient (Wildman–Crippen LogP) is 2.95. The Kier molecular flexibility index (Phi) is 4.82. The van der Waals surface area contributed by atoms with Crippen molar-refractivity contribution in [3.63, 3.8) is 0 Å². The van der Waals surface area contributed by atoms with Crippen LogP contribution in [0.4, 0.5) is 0 Å². The average molecular weight is 312 g/mol. The van der Waals surface area contributed by atoms with Gasteiger partial charge in [0.25, 0.3) is 0 Å². The first-order chi connectivity index (χ1) is 11.2. The van der Waals surface area contributed by atoms with Crippen LogP contribution in [0.3, 0.4) is 0 Å². The molecule has 1 aliphatic rings. The molecule has 4 heteroatoms. The number of hydrogen-bond acceptors (Lipinski definition) is 3. The minimum absolute atomic E-state index is 0.251. The third-order valence-corrected chi connectivity index (χ3v) is 4.51. The Morgan fingerprint density at radius 2 is 2.09 bits per heavy atom. The summed E-state index contributed by atoms with van der Waals surface area (Å²) in [5, 5.41) is 5.97. The zero-order valence-corrected chi connectivity index (χ0v) is 13.8. The van der Waals surface area contributed by atoms with E-state index in [1.54, 1.807) is 7.11 Å². The van der Waals surface area contributed by atoms with E-state index in [1.165, 1.54) is 16.3 Å². The maximum Gasteiger partial charge on any atom is 0.222 e. The van der Waals surface area contributed by atoms with Crippen LogP contribution in [-0.4, -0.2) is 37.0 Å². The molecule has 0 saturated carbocycles. The Bertz CT molecular complexity index is 699. The van der Waals surface area contributed by atoms with Gasteiger partial charge in [0, 0.05) is 37.7 Å². The molecule has 0 aliphatic carbocycles. The van der Waals surface area contributed by atoms with E-state index in [0.717, 1.165) is 31.8 Å². The van der Waals surface area contributed by atoms with Gasteiger partial charge in [-0.1, -0.05) is 30.3 Å². The molecule has 23 heavy (non-hydrogen) atoms. The molecule has 1 aliphatic heterocycles. The maximum atomic E-state index is 11.7. The van der Waals surface area contributed by atoms with Crippen molar-refractivity contribution in [1.29, 1.82) is 0 Å². The van der Waals surface area contributed by atoms with Crippen LogP contribution in [0.1, 0.15) is 25.3 Å². The Hall–Kier alpha value is -2.07. The normalized spacial score (nSPS) is 16.1. The van der Waals surface area contributed by atoms with Crippen molar-refractivity contribution in [3.8, 4) is 5.75 Å². The van der Waals surface area contributed by atoms with E-state index in [9.17, 15) is 4.79 Å². The first-order valence-electron chi connectivity index (χ1n) is 8.25. The lowest BCUT2D eigenvalue weighted by Crippen LogP contribution is -2.39. The lowest BCUT2D eigenvalue weighted by atomic mass is 10.0. The van der Waals surface area contributed by atoms with Crippen molar-refractivity contribution in [2.45, 2.75) is 32.4 Å². The second-order valence-electron chi connectivity index (χ2n) is 6.19. The van der Waals surface area contributed by atoms with Crippen molar-refractivity contribution in [2.24, 2.45) is 0 Å². The average Bonchev–Trinajstić information content (AvgIpc) is 2.97. The number of methoxy groups -OCH3 is 1. The highest BCUT2D eigenvalue weighted by molar-refractivity contribution is 5.87.